The molecule has 0 saturated heterocycles. The van der Waals surface area contributed by atoms with Gasteiger partial charge in [0.05, 0.1) is 23.7 Å². The highest BCUT2D eigenvalue weighted by Crippen LogP contribution is 2.05. The van der Waals surface area contributed by atoms with Gasteiger partial charge in [0, 0.05) is 13.2 Å². The number of anilines is 1. The maximum atomic E-state index is 5.41. The molecule has 4 heteroatoms. The van der Waals surface area contributed by atoms with E-state index in [1.807, 2.05) is 27.7 Å². The van der Waals surface area contributed by atoms with Crippen molar-refractivity contribution < 1.29 is 4.74 Å². The fourth-order valence-corrected chi connectivity index (χ4v) is 1.22. The van der Waals surface area contributed by atoms with E-state index in [2.05, 4.69) is 15.3 Å². The van der Waals surface area contributed by atoms with E-state index in [9.17, 15) is 0 Å². The Bertz CT molecular complexity index is 315. The van der Waals surface area contributed by atoms with Crippen LogP contribution in [0.5, 0.6) is 0 Å². The molecule has 0 spiro atoms. The molecule has 4 nitrogen and oxygen atoms in total. The predicted octanol–water partition coefficient (Wildman–Crippen LogP) is 1.93. The molecule has 0 amide bonds. The molecule has 1 atom stereocenters. The van der Waals surface area contributed by atoms with Crippen LogP contribution in [0.15, 0.2) is 6.20 Å². The SMILES string of the molecule is CCOC(C)CNc1cnc(C)c(C)n1. The van der Waals surface area contributed by atoms with Gasteiger partial charge in [0.2, 0.25) is 0 Å². The van der Waals surface area contributed by atoms with Crippen LogP contribution >= 0.6 is 0 Å². The number of aromatic nitrogens is 2. The van der Waals surface area contributed by atoms with Crippen molar-refractivity contribution in [2.45, 2.75) is 33.8 Å². The normalized spacial score (nSPS) is 12.5. The molecule has 1 unspecified atom stereocenters. The van der Waals surface area contributed by atoms with Crippen molar-refractivity contribution in [3.05, 3.63) is 17.6 Å². The van der Waals surface area contributed by atoms with Gasteiger partial charge in [0.1, 0.15) is 5.82 Å². The predicted molar refractivity (Wildman–Crippen MR) is 61.1 cm³/mol. The molecular formula is C11H19N3O. The second kappa shape index (κ2) is 5.66. The van der Waals surface area contributed by atoms with Gasteiger partial charge in [0.25, 0.3) is 0 Å². The van der Waals surface area contributed by atoms with Gasteiger partial charge in [-0.25, -0.2) is 4.98 Å². The molecule has 1 aromatic heterocycles. The van der Waals surface area contributed by atoms with Gasteiger partial charge in [-0.15, -0.1) is 0 Å². The zero-order valence-electron chi connectivity index (χ0n) is 9.87. The first kappa shape index (κ1) is 11.9. The minimum absolute atomic E-state index is 0.193. The van der Waals surface area contributed by atoms with Gasteiger partial charge < -0.3 is 10.1 Å². The summed E-state index contributed by atoms with van der Waals surface area (Å²) >= 11 is 0. The van der Waals surface area contributed by atoms with Crippen LogP contribution in [0.25, 0.3) is 0 Å². The van der Waals surface area contributed by atoms with E-state index in [-0.39, 0.29) is 6.10 Å². The highest BCUT2D eigenvalue weighted by atomic mass is 16.5. The summed E-state index contributed by atoms with van der Waals surface area (Å²) in [6.07, 6.45) is 1.94. The molecule has 0 saturated carbocycles. The minimum atomic E-state index is 0.193. The summed E-state index contributed by atoms with van der Waals surface area (Å²) in [5.41, 5.74) is 1.93. The van der Waals surface area contributed by atoms with Crippen LogP contribution in [0.3, 0.4) is 0 Å². The average molecular weight is 209 g/mol. The van der Waals surface area contributed by atoms with Crippen LogP contribution in [0.2, 0.25) is 0 Å². The molecule has 1 rings (SSSR count). The lowest BCUT2D eigenvalue weighted by molar-refractivity contribution is 0.0855. The Labute approximate surface area is 91.1 Å². The zero-order chi connectivity index (χ0) is 11.3. The number of nitrogens with zero attached hydrogens (tertiary/aromatic N) is 2. The smallest absolute Gasteiger partial charge is 0.144 e. The molecule has 0 bridgehead atoms. The van der Waals surface area contributed by atoms with Crippen LogP contribution < -0.4 is 5.32 Å². The zero-order valence-corrected chi connectivity index (χ0v) is 9.87. The van der Waals surface area contributed by atoms with Crippen molar-refractivity contribution in [3.63, 3.8) is 0 Å². The monoisotopic (exact) mass is 209 g/mol. The van der Waals surface area contributed by atoms with E-state index in [0.29, 0.717) is 0 Å². The van der Waals surface area contributed by atoms with E-state index < -0.39 is 0 Å². The van der Waals surface area contributed by atoms with Gasteiger partial charge >= 0.3 is 0 Å². The van der Waals surface area contributed by atoms with Gasteiger partial charge in [-0.3, -0.25) is 4.98 Å². The summed E-state index contributed by atoms with van der Waals surface area (Å²) in [7, 11) is 0. The molecule has 0 radical (unpaired) electrons. The third-order valence-electron chi connectivity index (χ3n) is 2.21. The molecule has 0 aliphatic rings. The second-order valence-electron chi connectivity index (χ2n) is 3.57. The Kier molecular flexibility index (Phi) is 4.49. The molecule has 15 heavy (non-hydrogen) atoms. The van der Waals surface area contributed by atoms with Crippen LogP contribution in [0, 0.1) is 13.8 Å². The Morgan fingerprint density at radius 2 is 2.13 bits per heavy atom. The fraction of sp³-hybridized carbons (Fsp3) is 0.636. The third-order valence-corrected chi connectivity index (χ3v) is 2.21. The Morgan fingerprint density at radius 3 is 2.73 bits per heavy atom. The van der Waals surface area contributed by atoms with Crippen LogP contribution in [-0.2, 0) is 4.74 Å². The minimum Gasteiger partial charge on any atom is -0.377 e. The molecule has 1 N–H and O–H groups in total. The summed E-state index contributed by atoms with van der Waals surface area (Å²) in [4.78, 5) is 8.61. The van der Waals surface area contributed by atoms with Crippen LogP contribution in [0.4, 0.5) is 5.82 Å². The summed E-state index contributed by atoms with van der Waals surface area (Å²) < 4.78 is 5.41. The van der Waals surface area contributed by atoms with Crippen LogP contribution in [0.1, 0.15) is 25.2 Å². The molecule has 1 heterocycles. The first-order chi connectivity index (χ1) is 7.13. The Hall–Kier alpha value is -1.16. The first-order valence-corrected chi connectivity index (χ1v) is 5.29. The van der Waals surface area contributed by atoms with Crippen molar-refractivity contribution in [1.82, 2.24) is 9.97 Å². The summed E-state index contributed by atoms with van der Waals surface area (Å²) in [6, 6.07) is 0. The van der Waals surface area contributed by atoms with Crippen molar-refractivity contribution in [3.8, 4) is 0 Å². The summed E-state index contributed by atoms with van der Waals surface area (Å²) in [5.74, 6) is 0.810. The highest BCUT2D eigenvalue weighted by molar-refractivity contribution is 5.33. The maximum absolute atomic E-state index is 5.41. The summed E-state index contributed by atoms with van der Waals surface area (Å²) in [6.45, 7) is 9.43. The molecule has 0 fully saturated rings. The van der Waals surface area contributed by atoms with Gasteiger partial charge in [0.15, 0.2) is 0 Å². The number of ether oxygens (including phenoxy) is 1. The molecule has 0 aromatic carbocycles. The van der Waals surface area contributed by atoms with E-state index in [0.717, 1.165) is 30.4 Å². The lowest BCUT2D eigenvalue weighted by Gasteiger charge is -2.13. The summed E-state index contributed by atoms with van der Waals surface area (Å²) in [5, 5.41) is 3.20. The molecule has 84 valence electrons. The molecule has 0 aliphatic heterocycles. The van der Waals surface area contributed by atoms with Crippen LogP contribution in [-0.4, -0.2) is 29.2 Å². The number of rotatable bonds is 5. The molecular weight excluding hydrogens is 190 g/mol. The third kappa shape index (κ3) is 3.83. The van der Waals surface area contributed by atoms with Crippen molar-refractivity contribution >= 4 is 5.82 Å². The van der Waals surface area contributed by atoms with Gasteiger partial charge in [-0.2, -0.15) is 0 Å². The number of hydrogen-bond donors (Lipinski definition) is 1. The van der Waals surface area contributed by atoms with Crippen molar-refractivity contribution in [1.29, 1.82) is 0 Å². The van der Waals surface area contributed by atoms with Gasteiger partial charge in [-0.1, -0.05) is 0 Å². The van der Waals surface area contributed by atoms with E-state index in [1.54, 1.807) is 6.20 Å². The largest absolute Gasteiger partial charge is 0.377 e. The van der Waals surface area contributed by atoms with Crippen molar-refractivity contribution in [2.75, 3.05) is 18.5 Å². The highest BCUT2D eigenvalue weighted by Gasteiger charge is 2.02. The van der Waals surface area contributed by atoms with E-state index in [1.165, 1.54) is 0 Å². The average Bonchev–Trinajstić information content (AvgIpc) is 2.20. The number of aryl methyl sites for hydroxylation is 2. The molecule has 1 aromatic rings. The lowest BCUT2D eigenvalue weighted by atomic mass is 10.3. The quantitative estimate of drug-likeness (QED) is 0.805. The molecule has 0 aliphatic carbocycles. The number of hydrogen-bond acceptors (Lipinski definition) is 4. The fourth-order valence-electron chi connectivity index (χ4n) is 1.22. The topological polar surface area (TPSA) is 47.0 Å². The van der Waals surface area contributed by atoms with E-state index in [4.69, 9.17) is 4.74 Å². The Morgan fingerprint density at radius 1 is 1.40 bits per heavy atom. The first-order valence-electron chi connectivity index (χ1n) is 5.29. The van der Waals surface area contributed by atoms with E-state index >= 15 is 0 Å². The maximum Gasteiger partial charge on any atom is 0.144 e. The Balaban J connectivity index is 2.47. The standard InChI is InChI=1S/C11H19N3O/c1-5-15-8(2)6-13-11-7-12-9(3)10(4)14-11/h7-8H,5-6H2,1-4H3,(H,13,14). The van der Waals surface area contributed by atoms with Crippen molar-refractivity contribution in [2.24, 2.45) is 0 Å². The number of nitrogens with one attached hydrogen (secondary N) is 1. The van der Waals surface area contributed by atoms with Gasteiger partial charge in [-0.05, 0) is 27.7 Å². The second-order valence-corrected chi connectivity index (χ2v) is 3.57. The lowest BCUT2D eigenvalue weighted by Crippen LogP contribution is -2.20.